The van der Waals surface area contributed by atoms with E-state index in [1.54, 1.807) is 13.0 Å². The molecule has 0 radical (unpaired) electrons. The van der Waals surface area contributed by atoms with Crippen LogP contribution in [0.15, 0.2) is 22.7 Å². The molecule has 1 aromatic carbocycles. The van der Waals surface area contributed by atoms with Crippen LogP contribution in [-0.4, -0.2) is 27.6 Å². The van der Waals surface area contributed by atoms with E-state index in [1.165, 1.54) is 16.8 Å². The van der Waals surface area contributed by atoms with E-state index >= 15 is 0 Å². The maximum absolute atomic E-state index is 13.4. The number of halogens is 2. The van der Waals surface area contributed by atoms with Crippen molar-refractivity contribution in [1.29, 1.82) is 0 Å². The Labute approximate surface area is 129 Å². The zero-order chi connectivity index (χ0) is 15.4. The number of benzene rings is 1. The van der Waals surface area contributed by atoms with E-state index in [2.05, 4.69) is 26.2 Å². The third-order valence-corrected chi connectivity index (χ3v) is 3.21. The molecule has 0 aliphatic rings. The van der Waals surface area contributed by atoms with Crippen LogP contribution in [0.3, 0.4) is 0 Å². The Morgan fingerprint density at radius 3 is 2.86 bits per heavy atom. The molecule has 8 heteroatoms. The minimum atomic E-state index is -0.565. The second kappa shape index (κ2) is 6.77. The van der Waals surface area contributed by atoms with Gasteiger partial charge in [-0.25, -0.2) is 13.9 Å². The summed E-state index contributed by atoms with van der Waals surface area (Å²) >= 11 is 3.23. The molecule has 1 aromatic heterocycles. The molecule has 6 nitrogen and oxygen atoms in total. The first kappa shape index (κ1) is 15.6. The monoisotopic (exact) mass is 356 g/mol. The number of nitrogens with two attached hydrogens (primary N) is 1. The standard InChI is InChI=1S/C13H14BrFN4O2/c1-2-21-13(20)12-11(6-16)19(18-17-12)7-8-3-9(14)5-10(15)4-8/h3-5H,2,6-7,16H2,1H3. The summed E-state index contributed by atoms with van der Waals surface area (Å²) in [5, 5.41) is 7.69. The number of nitrogens with zero attached hydrogens (tertiary/aromatic N) is 3. The number of hydrogen-bond donors (Lipinski definition) is 1. The Bertz CT molecular complexity index is 639. The van der Waals surface area contributed by atoms with Gasteiger partial charge >= 0.3 is 5.97 Å². The highest BCUT2D eigenvalue weighted by Gasteiger charge is 2.19. The van der Waals surface area contributed by atoms with Crippen molar-refractivity contribution < 1.29 is 13.9 Å². The Balaban J connectivity index is 2.30. The first-order chi connectivity index (χ1) is 10.0. The third-order valence-electron chi connectivity index (χ3n) is 2.75. The first-order valence-electron chi connectivity index (χ1n) is 6.29. The van der Waals surface area contributed by atoms with Crippen LogP contribution in [0.4, 0.5) is 4.39 Å². The van der Waals surface area contributed by atoms with Gasteiger partial charge in [-0.15, -0.1) is 5.10 Å². The lowest BCUT2D eigenvalue weighted by molar-refractivity contribution is 0.0518. The van der Waals surface area contributed by atoms with Crippen molar-refractivity contribution in [1.82, 2.24) is 15.0 Å². The molecule has 0 aliphatic heterocycles. The lowest BCUT2D eigenvalue weighted by atomic mass is 10.2. The Kier molecular flexibility index (Phi) is 5.03. The van der Waals surface area contributed by atoms with Crippen molar-refractivity contribution >= 4 is 21.9 Å². The fourth-order valence-corrected chi connectivity index (χ4v) is 2.41. The van der Waals surface area contributed by atoms with E-state index in [9.17, 15) is 9.18 Å². The van der Waals surface area contributed by atoms with Gasteiger partial charge in [0.2, 0.25) is 0 Å². The van der Waals surface area contributed by atoms with Crippen LogP contribution >= 0.6 is 15.9 Å². The van der Waals surface area contributed by atoms with Gasteiger partial charge in [0.05, 0.1) is 18.8 Å². The second-order valence-corrected chi connectivity index (χ2v) is 5.16. The smallest absolute Gasteiger partial charge is 0.360 e. The minimum absolute atomic E-state index is 0.0810. The molecule has 2 N–H and O–H groups in total. The van der Waals surface area contributed by atoms with Gasteiger partial charge in [-0.05, 0) is 30.7 Å². The topological polar surface area (TPSA) is 83.0 Å². The molecule has 0 unspecified atom stereocenters. The zero-order valence-electron chi connectivity index (χ0n) is 11.3. The third kappa shape index (κ3) is 3.64. The quantitative estimate of drug-likeness (QED) is 0.826. The molecule has 21 heavy (non-hydrogen) atoms. The largest absolute Gasteiger partial charge is 0.461 e. The molecule has 2 rings (SSSR count). The van der Waals surface area contributed by atoms with E-state index in [-0.39, 0.29) is 31.2 Å². The summed E-state index contributed by atoms with van der Waals surface area (Å²) < 4.78 is 20.4. The molecular weight excluding hydrogens is 343 g/mol. The van der Waals surface area contributed by atoms with Crippen molar-refractivity contribution in [3.8, 4) is 0 Å². The summed E-state index contributed by atoms with van der Waals surface area (Å²) in [6.07, 6.45) is 0. The average Bonchev–Trinajstić information content (AvgIpc) is 2.80. The lowest BCUT2D eigenvalue weighted by Crippen LogP contribution is -2.14. The molecule has 0 fully saturated rings. The predicted molar refractivity (Wildman–Crippen MR) is 77.1 cm³/mol. The lowest BCUT2D eigenvalue weighted by Gasteiger charge is -2.07. The highest BCUT2D eigenvalue weighted by molar-refractivity contribution is 9.10. The second-order valence-electron chi connectivity index (χ2n) is 4.24. The minimum Gasteiger partial charge on any atom is -0.461 e. The molecule has 1 heterocycles. The SMILES string of the molecule is CCOC(=O)c1nnn(Cc2cc(F)cc(Br)c2)c1CN. The van der Waals surface area contributed by atoms with Gasteiger partial charge in [0.15, 0.2) is 5.69 Å². The van der Waals surface area contributed by atoms with Gasteiger partial charge in [0.25, 0.3) is 0 Å². The molecule has 112 valence electrons. The van der Waals surface area contributed by atoms with Crippen molar-refractivity contribution in [3.63, 3.8) is 0 Å². The van der Waals surface area contributed by atoms with Crippen LogP contribution in [0, 0.1) is 5.82 Å². The fraction of sp³-hybridized carbons (Fsp3) is 0.308. The van der Waals surface area contributed by atoms with Crippen molar-refractivity contribution in [3.05, 3.63) is 45.4 Å². The highest BCUT2D eigenvalue weighted by atomic mass is 79.9. The average molecular weight is 357 g/mol. The maximum atomic E-state index is 13.4. The molecular formula is C13H14BrFN4O2. The number of ether oxygens (including phenoxy) is 1. The number of hydrogen-bond acceptors (Lipinski definition) is 5. The summed E-state index contributed by atoms with van der Waals surface area (Å²) in [5.74, 6) is -0.927. The van der Waals surface area contributed by atoms with Gasteiger partial charge in [0, 0.05) is 11.0 Å². The predicted octanol–water partition coefficient (Wildman–Crippen LogP) is 1.86. The summed E-state index contributed by atoms with van der Waals surface area (Å²) in [4.78, 5) is 11.7. The molecule has 0 atom stereocenters. The van der Waals surface area contributed by atoms with Gasteiger partial charge in [-0.3, -0.25) is 0 Å². The van der Waals surface area contributed by atoms with Gasteiger partial charge < -0.3 is 10.5 Å². The number of carbonyl (C=O) groups excluding carboxylic acids is 1. The maximum Gasteiger partial charge on any atom is 0.360 e. The van der Waals surface area contributed by atoms with Crippen LogP contribution < -0.4 is 5.73 Å². The van der Waals surface area contributed by atoms with Crippen LogP contribution in [0.5, 0.6) is 0 Å². The van der Waals surface area contributed by atoms with Crippen molar-refractivity contribution in [2.24, 2.45) is 5.73 Å². The van der Waals surface area contributed by atoms with E-state index in [0.717, 1.165) is 0 Å². The molecule has 0 saturated heterocycles. The molecule has 0 bridgehead atoms. The normalized spacial score (nSPS) is 10.7. The van der Waals surface area contributed by atoms with E-state index in [0.29, 0.717) is 15.7 Å². The van der Waals surface area contributed by atoms with Crippen molar-refractivity contribution in [2.45, 2.75) is 20.0 Å². The molecule has 0 amide bonds. The van der Waals surface area contributed by atoms with Crippen molar-refractivity contribution in [2.75, 3.05) is 6.61 Å². The number of esters is 1. The Morgan fingerprint density at radius 2 is 2.24 bits per heavy atom. The molecule has 2 aromatic rings. The zero-order valence-corrected chi connectivity index (χ0v) is 12.9. The molecule has 0 saturated carbocycles. The van der Waals surface area contributed by atoms with Crippen LogP contribution in [0.1, 0.15) is 28.7 Å². The Morgan fingerprint density at radius 1 is 1.48 bits per heavy atom. The number of carbonyl (C=O) groups is 1. The van der Waals surface area contributed by atoms with E-state index in [4.69, 9.17) is 10.5 Å². The van der Waals surface area contributed by atoms with E-state index < -0.39 is 5.97 Å². The summed E-state index contributed by atoms with van der Waals surface area (Å²) in [6, 6.07) is 4.50. The summed E-state index contributed by atoms with van der Waals surface area (Å²) in [5.41, 5.74) is 6.87. The fourth-order valence-electron chi connectivity index (χ4n) is 1.90. The number of aromatic nitrogens is 3. The summed E-state index contributed by atoms with van der Waals surface area (Å²) in [6.45, 7) is 2.29. The molecule has 0 spiro atoms. The highest BCUT2D eigenvalue weighted by Crippen LogP contribution is 2.17. The van der Waals surface area contributed by atoms with Gasteiger partial charge in [0.1, 0.15) is 5.82 Å². The number of rotatable bonds is 5. The van der Waals surface area contributed by atoms with Gasteiger partial charge in [-0.1, -0.05) is 21.1 Å². The van der Waals surface area contributed by atoms with Crippen LogP contribution in [0.25, 0.3) is 0 Å². The van der Waals surface area contributed by atoms with E-state index in [1.807, 2.05) is 0 Å². The summed E-state index contributed by atoms with van der Waals surface area (Å²) in [7, 11) is 0. The Hall–Kier alpha value is -1.80. The molecule has 0 aliphatic carbocycles. The van der Waals surface area contributed by atoms with Crippen LogP contribution in [0.2, 0.25) is 0 Å². The van der Waals surface area contributed by atoms with Gasteiger partial charge in [-0.2, -0.15) is 0 Å². The van der Waals surface area contributed by atoms with Crippen LogP contribution in [-0.2, 0) is 17.8 Å². The first-order valence-corrected chi connectivity index (χ1v) is 7.09.